The summed E-state index contributed by atoms with van der Waals surface area (Å²) in [7, 11) is 1.76. The van der Waals surface area contributed by atoms with Gasteiger partial charge in [0.1, 0.15) is 11.9 Å². The van der Waals surface area contributed by atoms with Gasteiger partial charge in [0, 0.05) is 13.7 Å². The van der Waals surface area contributed by atoms with E-state index in [0.717, 1.165) is 27.5 Å². The lowest BCUT2D eigenvalue weighted by atomic mass is 10.1. The van der Waals surface area contributed by atoms with E-state index in [2.05, 4.69) is 53.7 Å². The molecular formula is C14H22IN3O. The molecule has 106 valence electrons. The fraction of sp³-hybridized carbons (Fsp3) is 0.714. The van der Waals surface area contributed by atoms with Gasteiger partial charge in [-0.25, -0.2) is 9.97 Å². The summed E-state index contributed by atoms with van der Waals surface area (Å²) in [5.74, 6) is 2.77. The quantitative estimate of drug-likeness (QED) is 0.770. The van der Waals surface area contributed by atoms with Crippen molar-refractivity contribution < 1.29 is 4.74 Å². The van der Waals surface area contributed by atoms with E-state index in [4.69, 9.17) is 9.72 Å². The van der Waals surface area contributed by atoms with Crippen molar-refractivity contribution >= 4 is 28.4 Å². The van der Waals surface area contributed by atoms with Gasteiger partial charge in [-0.05, 0) is 54.2 Å². The molecule has 1 aliphatic carbocycles. The van der Waals surface area contributed by atoms with Crippen LogP contribution in [0.5, 0.6) is 0 Å². The number of hydrogen-bond acceptors (Lipinski definition) is 4. The van der Waals surface area contributed by atoms with Gasteiger partial charge >= 0.3 is 0 Å². The molecule has 0 bridgehead atoms. The Morgan fingerprint density at radius 3 is 2.53 bits per heavy atom. The monoisotopic (exact) mass is 375 g/mol. The number of hydrogen-bond donors (Lipinski definition) is 1. The minimum atomic E-state index is 0.0481. The number of methoxy groups -OCH3 is 1. The van der Waals surface area contributed by atoms with Crippen molar-refractivity contribution in [3.63, 3.8) is 0 Å². The van der Waals surface area contributed by atoms with Gasteiger partial charge in [-0.1, -0.05) is 13.8 Å². The maximum Gasteiger partial charge on any atom is 0.160 e. The van der Waals surface area contributed by atoms with Gasteiger partial charge in [0.15, 0.2) is 5.82 Å². The maximum absolute atomic E-state index is 5.61. The summed E-state index contributed by atoms with van der Waals surface area (Å²) in [4.78, 5) is 9.45. The lowest BCUT2D eigenvalue weighted by Gasteiger charge is -2.18. The van der Waals surface area contributed by atoms with E-state index >= 15 is 0 Å². The molecule has 1 unspecified atom stereocenters. The normalized spacial score (nSPS) is 16.7. The Labute approximate surface area is 128 Å². The average Bonchev–Trinajstić information content (AvgIpc) is 3.18. The number of rotatable bonds is 6. The third-order valence-corrected chi connectivity index (χ3v) is 4.41. The Balaban J connectivity index is 2.42. The van der Waals surface area contributed by atoms with Crippen LogP contribution in [0.15, 0.2) is 0 Å². The van der Waals surface area contributed by atoms with Crippen LogP contribution in [0.25, 0.3) is 0 Å². The smallest absolute Gasteiger partial charge is 0.160 e. The first-order valence-electron chi connectivity index (χ1n) is 6.92. The van der Waals surface area contributed by atoms with E-state index in [9.17, 15) is 0 Å². The Morgan fingerprint density at radius 1 is 1.37 bits per heavy atom. The molecule has 0 saturated heterocycles. The number of halogens is 1. The summed E-state index contributed by atoms with van der Waals surface area (Å²) in [6, 6.07) is 0. The molecule has 1 N–H and O–H groups in total. The lowest BCUT2D eigenvalue weighted by molar-refractivity contribution is 0.0770. The van der Waals surface area contributed by atoms with Gasteiger partial charge in [-0.2, -0.15) is 0 Å². The molecule has 1 aromatic heterocycles. The molecule has 0 aliphatic heterocycles. The highest BCUT2D eigenvalue weighted by molar-refractivity contribution is 14.1. The molecule has 4 nitrogen and oxygen atoms in total. The fourth-order valence-corrected chi connectivity index (χ4v) is 3.24. The molecule has 0 aromatic carbocycles. The van der Waals surface area contributed by atoms with Gasteiger partial charge in [0.05, 0.1) is 9.26 Å². The zero-order valence-electron chi connectivity index (χ0n) is 12.0. The van der Waals surface area contributed by atoms with E-state index < -0.39 is 0 Å². The van der Waals surface area contributed by atoms with Crippen LogP contribution in [0.1, 0.15) is 57.2 Å². The molecule has 19 heavy (non-hydrogen) atoms. The predicted molar refractivity (Wildman–Crippen MR) is 85.5 cm³/mol. The van der Waals surface area contributed by atoms with Crippen molar-refractivity contribution in [1.29, 1.82) is 0 Å². The Hall–Kier alpha value is -0.430. The van der Waals surface area contributed by atoms with Crippen LogP contribution >= 0.6 is 22.6 Å². The second-order valence-corrected chi connectivity index (χ2v) is 6.39. The molecule has 1 atom stereocenters. The van der Waals surface area contributed by atoms with Crippen LogP contribution in [0.4, 0.5) is 5.82 Å². The van der Waals surface area contributed by atoms with Crippen LogP contribution in [-0.4, -0.2) is 23.6 Å². The van der Waals surface area contributed by atoms with Crippen molar-refractivity contribution in [2.24, 2.45) is 5.92 Å². The third kappa shape index (κ3) is 3.37. The highest BCUT2D eigenvalue weighted by Crippen LogP contribution is 2.42. The zero-order chi connectivity index (χ0) is 14.0. The van der Waals surface area contributed by atoms with Crippen LogP contribution in [-0.2, 0) is 4.74 Å². The standard InChI is InChI=1S/C14H22IN3O/c1-5-16-13-10(15)11(8(2)3)17-14(18-13)12(19-4)9-6-7-9/h8-9,12H,5-7H2,1-4H3,(H,16,17,18). The molecule has 0 spiro atoms. The molecule has 1 heterocycles. The van der Waals surface area contributed by atoms with Gasteiger partial charge in [-0.15, -0.1) is 0 Å². The summed E-state index contributed by atoms with van der Waals surface area (Å²) in [5.41, 5.74) is 1.12. The fourth-order valence-electron chi connectivity index (χ4n) is 2.18. The SMILES string of the molecule is CCNc1nc(C(OC)C2CC2)nc(C(C)C)c1I. The number of aromatic nitrogens is 2. The van der Waals surface area contributed by atoms with E-state index in [1.807, 2.05) is 0 Å². The van der Waals surface area contributed by atoms with Crippen LogP contribution in [0.3, 0.4) is 0 Å². The van der Waals surface area contributed by atoms with Gasteiger partial charge in [0.2, 0.25) is 0 Å². The summed E-state index contributed by atoms with van der Waals surface area (Å²) in [5, 5.41) is 3.34. The number of ether oxygens (including phenoxy) is 1. The molecule has 1 aromatic rings. The van der Waals surface area contributed by atoms with Crippen molar-refractivity contribution in [2.45, 2.75) is 45.6 Å². The Morgan fingerprint density at radius 2 is 2.05 bits per heavy atom. The molecule has 5 heteroatoms. The molecule has 1 aliphatic rings. The third-order valence-electron chi connectivity index (χ3n) is 3.34. The van der Waals surface area contributed by atoms with E-state index in [0.29, 0.717) is 11.8 Å². The van der Waals surface area contributed by atoms with Gasteiger partial charge in [-0.3, -0.25) is 0 Å². The molecule has 0 amide bonds. The van der Waals surface area contributed by atoms with Crippen molar-refractivity contribution in [1.82, 2.24) is 9.97 Å². The molecular weight excluding hydrogens is 353 g/mol. The molecule has 2 rings (SSSR count). The minimum Gasteiger partial charge on any atom is -0.373 e. The van der Waals surface area contributed by atoms with Crippen LogP contribution in [0.2, 0.25) is 0 Å². The first-order chi connectivity index (χ1) is 9.08. The first kappa shape index (κ1) is 15.0. The summed E-state index contributed by atoms with van der Waals surface area (Å²) < 4.78 is 6.74. The maximum atomic E-state index is 5.61. The Bertz CT molecular complexity index is 447. The van der Waals surface area contributed by atoms with Crippen molar-refractivity contribution in [3.8, 4) is 0 Å². The van der Waals surface area contributed by atoms with Crippen molar-refractivity contribution in [3.05, 3.63) is 15.1 Å². The average molecular weight is 375 g/mol. The molecule has 1 fully saturated rings. The number of nitrogens with zero attached hydrogens (tertiary/aromatic N) is 2. The molecule has 0 radical (unpaired) electrons. The Kier molecular flexibility index (Phi) is 5.00. The first-order valence-corrected chi connectivity index (χ1v) is 8.00. The zero-order valence-corrected chi connectivity index (χ0v) is 14.2. The van der Waals surface area contributed by atoms with Crippen molar-refractivity contribution in [2.75, 3.05) is 19.0 Å². The second kappa shape index (κ2) is 6.35. The lowest BCUT2D eigenvalue weighted by Crippen LogP contribution is -2.15. The summed E-state index contributed by atoms with van der Waals surface area (Å²) in [6.45, 7) is 7.29. The number of nitrogens with one attached hydrogen (secondary N) is 1. The predicted octanol–water partition coefficient (Wildman–Crippen LogP) is 3.73. The van der Waals surface area contributed by atoms with Gasteiger partial charge in [0.25, 0.3) is 0 Å². The highest BCUT2D eigenvalue weighted by atomic mass is 127. The van der Waals surface area contributed by atoms with E-state index in [-0.39, 0.29) is 6.10 Å². The van der Waals surface area contributed by atoms with Crippen LogP contribution < -0.4 is 5.32 Å². The van der Waals surface area contributed by atoms with Gasteiger partial charge < -0.3 is 10.1 Å². The summed E-state index contributed by atoms with van der Waals surface area (Å²) >= 11 is 2.34. The van der Waals surface area contributed by atoms with E-state index in [1.165, 1.54) is 12.8 Å². The summed E-state index contributed by atoms with van der Waals surface area (Å²) in [6.07, 6.45) is 2.50. The second-order valence-electron chi connectivity index (χ2n) is 5.31. The largest absolute Gasteiger partial charge is 0.373 e. The van der Waals surface area contributed by atoms with E-state index in [1.54, 1.807) is 7.11 Å². The highest BCUT2D eigenvalue weighted by Gasteiger charge is 2.35. The van der Waals surface area contributed by atoms with Crippen LogP contribution in [0, 0.1) is 9.49 Å². The number of anilines is 1. The molecule has 1 saturated carbocycles. The topological polar surface area (TPSA) is 47.0 Å². The minimum absolute atomic E-state index is 0.0481.